The normalized spacial score (nSPS) is 12.7. The molecule has 1 atom stereocenters. The maximum atomic E-state index is 5.54. The van der Waals surface area contributed by atoms with E-state index >= 15 is 0 Å². The molecule has 1 aromatic carbocycles. The van der Waals surface area contributed by atoms with Crippen LogP contribution in [-0.2, 0) is 0 Å². The Balaban J connectivity index is 2.28. The number of benzene rings is 1. The summed E-state index contributed by atoms with van der Waals surface area (Å²) < 4.78 is 6.20. The van der Waals surface area contributed by atoms with Crippen molar-refractivity contribution in [3.8, 4) is 11.5 Å². The molecule has 0 aliphatic heterocycles. The zero-order valence-electron chi connectivity index (χ0n) is 8.85. The van der Waals surface area contributed by atoms with Crippen molar-refractivity contribution in [1.29, 1.82) is 0 Å². The van der Waals surface area contributed by atoms with Gasteiger partial charge in [0.1, 0.15) is 0 Å². The lowest BCUT2D eigenvalue weighted by Crippen LogP contribution is -2.10. The number of hydrogen-bond acceptors (Lipinski definition) is 4. The van der Waals surface area contributed by atoms with E-state index in [1.807, 2.05) is 31.2 Å². The van der Waals surface area contributed by atoms with E-state index in [4.69, 9.17) is 10.3 Å². The van der Waals surface area contributed by atoms with Crippen LogP contribution in [0.15, 0.2) is 33.3 Å². The minimum atomic E-state index is 0.118. The Bertz CT molecular complexity index is 466. The van der Waals surface area contributed by atoms with Crippen LogP contribution in [0.1, 0.15) is 18.7 Å². The lowest BCUT2D eigenvalue weighted by molar-refractivity contribution is 0.418. The number of rotatable bonds is 3. The fraction of sp³-hybridized carbons (Fsp3) is 0.273. The zero-order chi connectivity index (χ0) is 11.5. The SMILES string of the molecule is CC(CN)c1noc(-c2ccc(Br)cc2)n1. The van der Waals surface area contributed by atoms with E-state index in [9.17, 15) is 0 Å². The maximum Gasteiger partial charge on any atom is 0.257 e. The second-order valence-electron chi connectivity index (χ2n) is 3.60. The van der Waals surface area contributed by atoms with Crippen LogP contribution in [0.2, 0.25) is 0 Å². The first-order valence-electron chi connectivity index (χ1n) is 5.00. The van der Waals surface area contributed by atoms with Gasteiger partial charge in [-0.3, -0.25) is 0 Å². The third-order valence-electron chi connectivity index (χ3n) is 2.33. The van der Waals surface area contributed by atoms with Crippen molar-refractivity contribution in [3.63, 3.8) is 0 Å². The number of nitrogens with zero attached hydrogens (tertiary/aromatic N) is 2. The second kappa shape index (κ2) is 4.76. The highest BCUT2D eigenvalue weighted by atomic mass is 79.9. The Kier molecular flexibility index (Phi) is 3.36. The second-order valence-corrected chi connectivity index (χ2v) is 4.52. The van der Waals surface area contributed by atoms with Crippen LogP contribution in [-0.4, -0.2) is 16.7 Å². The molecule has 0 aliphatic rings. The molecule has 0 saturated carbocycles. The summed E-state index contributed by atoms with van der Waals surface area (Å²) in [4.78, 5) is 4.31. The van der Waals surface area contributed by atoms with Crippen molar-refractivity contribution < 1.29 is 4.52 Å². The molecule has 16 heavy (non-hydrogen) atoms. The predicted molar refractivity (Wildman–Crippen MR) is 64.9 cm³/mol. The van der Waals surface area contributed by atoms with E-state index in [2.05, 4.69) is 26.1 Å². The maximum absolute atomic E-state index is 5.54. The van der Waals surface area contributed by atoms with Crippen molar-refractivity contribution in [2.45, 2.75) is 12.8 Å². The van der Waals surface area contributed by atoms with Gasteiger partial charge in [0, 0.05) is 22.5 Å². The number of nitrogens with two attached hydrogens (primary N) is 1. The summed E-state index contributed by atoms with van der Waals surface area (Å²) in [5.41, 5.74) is 6.45. The third-order valence-corrected chi connectivity index (χ3v) is 2.86. The fourth-order valence-corrected chi connectivity index (χ4v) is 1.51. The smallest absolute Gasteiger partial charge is 0.257 e. The number of hydrogen-bond donors (Lipinski definition) is 1. The van der Waals surface area contributed by atoms with Crippen molar-refractivity contribution in [2.24, 2.45) is 5.73 Å². The molecule has 0 fully saturated rings. The van der Waals surface area contributed by atoms with Gasteiger partial charge in [0.15, 0.2) is 5.82 Å². The van der Waals surface area contributed by atoms with Crippen LogP contribution in [0, 0.1) is 0 Å². The van der Waals surface area contributed by atoms with Gasteiger partial charge in [-0.1, -0.05) is 28.0 Å². The Morgan fingerprint density at radius 2 is 2.06 bits per heavy atom. The molecule has 0 aliphatic carbocycles. The van der Waals surface area contributed by atoms with Crippen LogP contribution < -0.4 is 5.73 Å². The summed E-state index contributed by atoms with van der Waals surface area (Å²) in [6.45, 7) is 2.48. The first kappa shape index (κ1) is 11.3. The molecule has 0 bridgehead atoms. The summed E-state index contributed by atoms with van der Waals surface area (Å²) in [5, 5.41) is 3.91. The van der Waals surface area contributed by atoms with E-state index in [1.54, 1.807) is 0 Å². The summed E-state index contributed by atoms with van der Waals surface area (Å²) in [5.74, 6) is 1.30. The Morgan fingerprint density at radius 3 is 2.69 bits per heavy atom. The molecule has 0 saturated heterocycles. The van der Waals surface area contributed by atoms with E-state index in [-0.39, 0.29) is 5.92 Å². The van der Waals surface area contributed by atoms with Gasteiger partial charge in [0.05, 0.1) is 0 Å². The Morgan fingerprint density at radius 1 is 1.38 bits per heavy atom. The highest BCUT2D eigenvalue weighted by Crippen LogP contribution is 2.21. The lowest BCUT2D eigenvalue weighted by Gasteiger charge is -1.98. The van der Waals surface area contributed by atoms with E-state index in [1.165, 1.54) is 0 Å². The summed E-state index contributed by atoms with van der Waals surface area (Å²) in [6, 6.07) is 7.72. The quantitative estimate of drug-likeness (QED) is 0.939. The molecule has 2 aromatic rings. The van der Waals surface area contributed by atoms with Crippen molar-refractivity contribution >= 4 is 15.9 Å². The van der Waals surface area contributed by atoms with Gasteiger partial charge in [-0.05, 0) is 24.3 Å². The van der Waals surface area contributed by atoms with Crippen LogP contribution >= 0.6 is 15.9 Å². The minimum absolute atomic E-state index is 0.118. The van der Waals surface area contributed by atoms with Gasteiger partial charge in [-0.25, -0.2) is 0 Å². The molecule has 5 heteroatoms. The van der Waals surface area contributed by atoms with Crippen LogP contribution in [0.5, 0.6) is 0 Å². The monoisotopic (exact) mass is 281 g/mol. The molecule has 0 amide bonds. The fourth-order valence-electron chi connectivity index (χ4n) is 1.25. The van der Waals surface area contributed by atoms with E-state index in [0.29, 0.717) is 18.3 Å². The Hall–Kier alpha value is -1.20. The van der Waals surface area contributed by atoms with E-state index in [0.717, 1.165) is 10.0 Å². The molecule has 1 unspecified atom stereocenters. The summed E-state index contributed by atoms with van der Waals surface area (Å²) >= 11 is 3.37. The van der Waals surface area contributed by atoms with Gasteiger partial charge in [-0.2, -0.15) is 4.98 Å². The van der Waals surface area contributed by atoms with Crippen LogP contribution in [0.4, 0.5) is 0 Å². The van der Waals surface area contributed by atoms with Gasteiger partial charge < -0.3 is 10.3 Å². The summed E-state index contributed by atoms with van der Waals surface area (Å²) in [7, 11) is 0. The third kappa shape index (κ3) is 2.31. The molecule has 2 rings (SSSR count). The van der Waals surface area contributed by atoms with Crippen molar-refractivity contribution in [3.05, 3.63) is 34.6 Å². The molecular formula is C11H12BrN3O. The first-order valence-corrected chi connectivity index (χ1v) is 5.79. The van der Waals surface area contributed by atoms with Gasteiger partial charge in [0.25, 0.3) is 5.89 Å². The first-order chi connectivity index (χ1) is 7.70. The summed E-state index contributed by atoms with van der Waals surface area (Å²) in [6.07, 6.45) is 0. The highest BCUT2D eigenvalue weighted by molar-refractivity contribution is 9.10. The van der Waals surface area contributed by atoms with Crippen LogP contribution in [0.25, 0.3) is 11.5 Å². The molecule has 0 spiro atoms. The predicted octanol–water partition coefficient (Wildman–Crippen LogP) is 2.56. The number of halogens is 1. The average molecular weight is 282 g/mol. The zero-order valence-corrected chi connectivity index (χ0v) is 10.4. The molecule has 1 aromatic heterocycles. The van der Waals surface area contributed by atoms with Gasteiger partial charge >= 0.3 is 0 Å². The molecule has 0 radical (unpaired) electrons. The molecule has 1 heterocycles. The average Bonchev–Trinajstić information content (AvgIpc) is 2.78. The highest BCUT2D eigenvalue weighted by Gasteiger charge is 2.13. The van der Waals surface area contributed by atoms with Crippen molar-refractivity contribution in [1.82, 2.24) is 10.1 Å². The molecular weight excluding hydrogens is 270 g/mol. The Labute approximate surface area is 102 Å². The number of aromatic nitrogens is 2. The van der Waals surface area contributed by atoms with Crippen LogP contribution in [0.3, 0.4) is 0 Å². The lowest BCUT2D eigenvalue weighted by atomic mass is 10.2. The largest absolute Gasteiger partial charge is 0.334 e. The standard InChI is InChI=1S/C11H12BrN3O/c1-7(6-13)10-14-11(16-15-10)8-2-4-9(12)5-3-8/h2-5,7H,6,13H2,1H3. The topological polar surface area (TPSA) is 64.9 Å². The molecule has 2 N–H and O–H groups in total. The van der Waals surface area contributed by atoms with Gasteiger partial charge in [0.2, 0.25) is 0 Å². The van der Waals surface area contributed by atoms with E-state index < -0.39 is 0 Å². The van der Waals surface area contributed by atoms with Crippen molar-refractivity contribution in [2.75, 3.05) is 6.54 Å². The molecule has 4 nitrogen and oxygen atoms in total. The molecule has 84 valence electrons. The van der Waals surface area contributed by atoms with Gasteiger partial charge in [-0.15, -0.1) is 0 Å². The minimum Gasteiger partial charge on any atom is -0.334 e.